The molecule has 120 valence electrons. The van der Waals surface area contributed by atoms with E-state index < -0.39 is 23.2 Å². The monoisotopic (exact) mass is 310 g/mol. The standard InChI is InChI=1S/C16H20F2N2O2/c1-3-8-16(9-4-2)14(21)20(15(22)19-16)10-11-6-5-7-12(17)13(11)18/h5-7H,3-4,8-10H2,1-2H3,(H,19,22). The molecule has 0 aliphatic carbocycles. The number of nitrogens with one attached hydrogen (secondary N) is 1. The Morgan fingerprint density at radius 2 is 1.77 bits per heavy atom. The van der Waals surface area contributed by atoms with Crippen LogP contribution in [-0.4, -0.2) is 22.4 Å². The summed E-state index contributed by atoms with van der Waals surface area (Å²) >= 11 is 0. The number of carbonyl (C=O) groups is 2. The van der Waals surface area contributed by atoms with E-state index in [1.165, 1.54) is 12.1 Å². The molecule has 0 saturated carbocycles. The fourth-order valence-corrected chi connectivity index (χ4v) is 2.98. The van der Waals surface area contributed by atoms with Crippen LogP contribution in [0, 0.1) is 11.6 Å². The van der Waals surface area contributed by atoms with E-state index in [1.54, 1.807) is 0 Å². The normalized spacial score (nSPS) is 17.0. The van der Waals surface area contributed by atoms with Gasteiger partial charge in [-0.05, 0) is 18.9 Å². The predicted octanol–water partition coefficient (Wildman–Crippen LogP) is 3.36. The lowest BCUT2D eigenvalue weighted by molar-refractivity contribution is -0.132. The largest absolute Gasteiger partial charge is 0.325 e. The number of nitrogens with zero attached hydrogens (tertiary/aromatic N) is 1. The molecule has 0 bridgehead atoms. The van der Waals surface area contributed by atoms with Gasteiger partial charge in [-0.25, -0.2) is 13.6 Å². The molecule has 0 unspecified atom stereocenters. The number of urea groups is 1. The van der Waals surface area contributed by atoms with E-state index in [0.717, 1.165) is 23.8 Å². The Bertz CT molecular complexity index is 584. The Hall–Kier alpha value is -1.98. The van der Waals surface area contributed by atoms with Crippen LogP contribution in [0.5, 0.6) is 0 Å². The Morgan fingerprint density at radius 1 is 1.14 bits per heavy atom. The van der Waals surface area contributed by atoms with Crippen LogP contribution < -0.4 is 5.32 Å². The highest BCUT2D eigenvalue weighted by Gasteiger charge is 2.49. The quantitative estimate of drug-likeness (QED) is 0.819. The molecule has 1 aliphatic heterocycles. The second-order valence-electron chi connectivity index (χ2n) is 5.62. The van der Waals surface area contributed by atoms with Crippen LogP contribution in [0.15, 0.2) is 18.2 Å². The van der Waals surface area contributed by atoms with E-state index in [1.807, 2.05) is 13.8 Å². The molecule has 1 N–H and O–H groups in total. The number of amides is 3. The first-order chi connectivity index (χ1) is 10.4. The first-order valence-electron chi connectivity index (χ1n) is 7.52. The molecule has 6 heteroatoms. The molecule has 1 fully saturated rings. The van der Waals surface area contributed by atoms with E-state index in [-0.39, 0.29) is 18.0 Å². The molecule has 1 saturated heterocycles. The van der Waals surface area contributed by atoms with Gasteiger partial charge < -0.3 is 5.32 Å². The molecule has 3 amide bonds. The van der Waals surface area contributed by atoms with Crippen LogP contribution in [-0.2, 0) is 11.3 Å². The summed E-state index contributed by atoms with van der Waals surface area (Å²) in [5.74, 6) is -2.37. The Labute approximate surface area is 128 Å². The average molecular weight is 310 g/mol. The fraction of sp³-hybridized carbons (Fsp3) is 0.500. The van der Waals surface area contributed by atoms with Gasteiger partial charge in [-0.3, -0.25) is 9.69 Å². The average Bonchev–Trinajstić information content (AvgIpc) is 2.69. The first kappa shape index (κ1) is 16.4. The summed E-state index contributed by atoms with van der Waals surface area (Å²) in [4.78, 5) is 25.7. The Kier molecular flexibility index (Phi) is 4.78. The van der Waals surface area contributed by atoms with E-state index in [4.69, 9.17) is 0 Å². The van der Waals surface area contributed by atoms with Gasteiger partial charge in [0.05, 0.1) is 6.54 Å². The molecule has 1 heterocycles. The summed E-state index contributed by atoms with van der Waals surface area (Å²) in [6, 6.07) is 3.19. The second-order valence-corrected chi connectivity index (χ2v) is 5.62. The van der Waals surface area contributed by atoms with Crippen molar-refractivity contribution < 1.29 is 18.4 Å². The van der Waals surface area contributed by atoms with Gasteiger partial charge in [-0.15, -0.1) is 0 Å². The third-order valence-electron chi connectivity index (χ3n) is 3.96. The van der Waals surface area contributed by atoms with Crippen molar-refractivity contribution in [3.63, 3.8) is 0 Å². The predicted molar refractivity (Wildman–Crippen MR) is 78.0 cm³/mol. The lowest BCUT2D eigenvalue weighted by atomic mass is 9.88. The zero-order valence-corrected chi connectivity index (χ0v) is 12.8. The first-order valence-corrected chi connectivity index (χ1v) is 7.52. The molecule has 1 aromatic rings. The third-order valence-corrected chi connectivity index (χ3v) is 3.96. The molecule has 22 heavy (non-hydrogen) atoms. The Morgan fingerprint density at radius 3 is 2.36 bits per heavy atom. The van der Waals surface area contributed by atoms with Crippen molar-refractivity contribution in [3.05, 3.63) is 35.4 Å². The zero-order chi connectivity index (χ0) is 16.3. The SMILES string of the molecule is CCCC1(CCC)NC(=O)N(Cc2cccc(F)c2F)C1=O. The number of imide groups is 1. The number of benzene rings is 1. The van der Waals surface area contributed by atoms with Crippen LogP contribution in [0.25, 0.3) is 0 Å². The molecule has 2 rings (SSSR count). The minimum Gasteiger partial charge on any atom is -0.323 e. The van der Waals surface area contributed by atoms with Crippen LogP contribution >= 0.6 is 0 Å². The summed E-state index contributed by atoms with van der Waals surface area (Å²) in [6.07, 6.45) is 2.56. The van der Waals surface area contributed by atoms with Crippen molar-refractivity contribution in [2.45, 2.75) is 51.6 Å². The van der Waals surface area contributed by atoms with Crippen LogP contribution in [0.3, 0.4) is 0 Å². The van der Waals surface area contributed by atoms with Gasteiger partial charge in [0.2, 0.25) is 0 Å². The van der Waals surface area contributed by atoms with Crippen LogP contribution in [0.4, 0.5) is 13.6 Å². The molecule has 4 nitrogen and oxygen atoms in total. The molecule has 1 aromatic carbocycles. The van der Waals surface area contributed by atoms with Gasteiger partial charge in [0.1, 0.15) is 5.54 Å². The Balaban J connectivity index is 2.27. The maximum atomic E-state index is 13.8. The molecule has 0 aromatic heterocycles. The van der Waals surface area contributed by atoms with E-state index in [0.29, 0.717) is 12.8 Å². The van der Waals surface area contributed by atoms with Gasteiger partial charge in [0.15, 0.2) is 11.6 Å². The molecule has 0 radical (unpaired) electrons. The maximum Gasteiger partial charge on any atom is 0.325 e. The van der Waals surface area contributed by atoms with Crippen LogP contribution in [0.1, 0.15) is 45.1 Å². The van der Waals surface area contributed by atoms with Crippen LogP contribution in [0.2, 0.25) is 0 Å². The summed E-state index contributed by atoms with van der Waals surface area (Å²) in [5.41, 5.74) is -0.919. The van der Waals surface area contributed by atoms with E-state index in [2.05, 4.69) is 5.32 Å². The smallest absolute Gasteiger partial charge is 0.323 e. The zero-order valence-electron chi connectivity index (χ0n) is 12.8. The van der Waals surface area contributed by atoms with Crippen molar-refractivity contribution in [1.82, 2.24) is 10.2 Å². The van der Waals surface area contributed by atoms with E-state index in [9.17, 15) is 18.4 Å². The van der Waals surface area contributed by atoms with Crippen molar-refractivity contribution >= 4 is 11.9 Å². The van der Waals surface area contributed by atoms with Gasteiger partial charge in [0, 0.05) is 5.56 Å². The van der Waals surface area contributed by atoms with Gasteiger partial charge in [-0.2, -0.15) is 0 Å². The minimum atomic E-state index is -1.02. The highest BCUT2D eigenvalue weighted by atomic mass is 19.2. The van der Waals surface area contributed by atoms with Crippen molar-refractivity contribution in [3.8, 4) is 0 Å². The summed E-state index contributed by atoms with van der Waals surface area (Å²) in [5, 5.41) is 2.74. The molecule has 0 spiro atoms. The third kappa shape index (κ3) is 2.82. The number of hydrogen-bond acceptors (Lipinski definition) is 2. The second kappa shape index (κ2) is 6.42. The van der Waals surface area contributed by atoms with E-state index >= 15 is 0 Å². The summed E-state index contributed by atoms with van der Waals surface area (Å²) in [7, 11) is 0. The molecular formula is C16H20F2N2O2. The summed E-state index contributed by atoms with van der Waals surface area (Å²) in [6.45, 7) is 3.61. The number of halogens is 2. The van der Waals surface area contributed by atoms with Crippen molar-refractivity contribution in [2.24, 2.45) is 0 Å². The molecule has 0 atom stereocenters. The highest BCUT2D eigenvalue weighted by molar-refractivity contribution is 6.06. The lowest BCUT2D eigenvalue weighted by Gasteiger charge is -2.25. The van der Waals surface area contributed by atoms with Gasteiger partial charge in [0.25, 0.3) is 5.91 Å². The van der Waals surface area contributed by atoms with Crippen molar-refractivity contribution in [2.75, 3.05) is 0 Å². The van der Waals surface area contributed by atoms with Gasteiger partial charge in [-0.1, -0.05) is 38.8 Å². The minimum absolute atomic E-state index is 0.00713. The summed E-state index contributed by atoms with van der Waals surface area (Å²) < 4.78 is 27.0. The lowest BCUT2D eigenvalue weighted by Crippen LogP contribution is -2.46. The van der Waals surface area contributed by atoms with Crippen molar-refractivity contribution in [1.29, 1.82) is 0 Å². The number of hydrogen-bond donors (Lipinski definition) is 1. The van der Waals surface area contributed by atoms with Gasteiger partial charge >= 0.3 is 6.03 Å². The fourth-order valence-electron chi connectivity index (χ4n) is 2.98. The maximum absolute atomic E-state index is 13.8. The number of rotatable bonds is 6. The topological polar surface area (TPSA) is 49.4 Å². The molecular weight excluding hydrogens is 290 g/mol. The highest BCUT2D eigenvalue weighted by Crippen LogP contribution is 2.29. The number of carbonyl (C=O) groups excluding carboxylic acids is 2. The molecule has 1 aliphatic rings.